The molecule has 0 aliphatic heterocycles. The van der Waals surface area contributed by atoms with Gasteiger partial charge in [-0.25, -0.2) is 23.1 Å². The van der Waals surface area contributed by atoms with Crippen LogP contribution in [-0.4, -0.2) is 52.1 Å². The van der Waals surface area contributed by atoms with Crippen LogP contribution in [0.15, 0.2) is 36.0 Å². The van der Waals surface area contributed by atoms with Gasteiger partial charge in [0.25, 0.3) is 5.92 Å². The molecule has 1 aliphatic rings. The molecule has 1 saturated carbocycles. The van der Waals surface area contributed by atoms with Crippen molar-refractivity contribution in [1.29, 1.82) is 0 Å². The number of hydrogen-bond donors (Lipinski definition) is 4. The van der Waals surface area contributed by atoms with E-state index in [0.717, 1.165) is 15.9 Å². The molecule has 4 N–H and O–H groups in total. The van der Waals surface area contributed by atoms with Gasteiger partial charge in [0.05, 0.1) is 40.7 Å². The lowest BCUT2D eigenvalue weighted by Crippen LogP contribution is -2.40. The summed E-state index contributed by atoms with van der Waals surface area (Å²) in [4.78, 5) is 8.70. The van der Waals surface area contributed by atoms with E-state index in [1.807, 2.05) is 18.2 Å². The molecule has 7 nitrogen and oxygen atoms in total. The predicted octanol–water partition coefficient (Wildman–Crippen LogP) is 5.21. The number of nitrogens with zero attached hydrogens (tertiary/aromatic N) is 2. The van der Waals surface area contributed by atoms with Crippen LogP contribution in [0.5, 0.6) is 0 Å². The molecule has 0 spiro atoms. The van der Waals surface area contributed by atoms with Crippen LogP contribution in [0.3, 0.4) is 0 Å². The van der Waals surface area contributed by atoms with Gasteiger partial charge in [0.1, 0.15) is 12.0 Å². The lowest BCUT2D eigenvalue weighted by molar-refractivity contribution is -0.00771. The van der Waals surface area contributed by atoms with E-state index in [9.17, 15) is 18.3 Å². The second kappa shape index (κ2) is 10.7. The molecule has 1 fully saturated rings. The van der Waals surface area contributed by atoms with E-state index in [-0.39, 0.29) is 26.3 Å². The van der Waals surface area contributed by atoms with E-state index in [2.05, 4.69) is 25.9 Å². The monoisotopic (exact) mass is 509 g/mol. The smallest absolute Gasteiger partial charge is 0.267 e. The average molecular weight is 510 g/mol. The van der Waals surface area contributed by atoms with Crippen LogP contribution in [-0.2, 0) is 11.3 Å². The lowest BCUT2D eigenvalue weighted by atomic mass is 10.0. The normalized spacial score (nSPS) is 18.6. The highest BCUT2D eigenvalue weighted by atomic mass is 32.1. The zero-order valence-corrected chi connectivity index (χ0v) is 20.5. The van der Waals surface area contributed by atoms with Crippen molar-refractivity contribution in [3.8, 4) is 0 Å². The second-order valence-electron chi connectivity index (χ2n) is 9.30. The van der Waals surface area contributed by atoms with Gasteiger partial charge in [-0.3, -0.25) is 5.32 Å². The summed E-state index contributed by atoms with van der Waals surface area (Å²) < 4.78 is 49.1. The van der Waals surface area contributed by atoms with Crippen LogP contribution in [0.1, 0.15) is 38.7 Å². The molecule has 11 heteroatoms. The quantitative estimate of drug-likeness (QED) is 0.208. The number of pyridine rings is 1. The molecule has 190 valence electrons. The van der Waals surface area contributed by atoms with E-state index in [0.29, 0.717) is 29.9 Å². The van der Waals surface area contributed by atoms with Crippen molar-refractivity contribution in [1.82, 2.24) is 15.3 Å². The lowest BCUT2D eigenvalue weighted by Gasteiger charge is -2.24. The first-order chi connectivity index (χ1) is 16.6. The Bertz CT molecular complexity index is 1140. The number of nitrogens with one attached hydrogen (secondary N) is 3. The highest BCUT2D eigenvalue weighted by molar-refractivity contribution is 7.16. The van der Waals surface area contributed by atoms with Gasteiger partial charge in [0, 0.05) is 42.2 Å². The van der Waals surface area contributed by atoms with Crippen LogP contribution in [0.25, 0.3) is 10.2 Å². The van der Waals surface area contributed by atoms with Crippen LogP contribution in [0.4, 0.5) is 30.4 Å². The maximum absolute atomic E-state index is 14.3. The number of rotatable bonds is 11. The highest BCUT2D eigenvalue weighted by Gasteiger charge is 2.44. The zero-order chi connectivity index (χ0) is 25.1. The summed E-state index contributed by atoms with van der Waals surface area (Å²) in [5.74, 6) is -2.29. The number of aromatic nitrogens is 2. The van der Waals surface area contributed by atoms with Crippen molar-refractivity contribution in [2.45, 2.75) is 63.5 Å². The summed E-state index contributed by atoms with van der Waals surface area (Å²) in [5, 5.41) is 18.7. The highest BCUT2D eigenvalue weighted by Crippen LogP contribution is 2.38. The Hall–Kier alpha value is -2.47. The van der Waals surface area contributed by atoms with Crippen molar-refractivity contribution in [2.24, 2.45) is 0 Å². The number of hydrogen-bond acceptors (Lipinski definition) is 8. The third-order valence-electron chi connectivity index (χ3n) is 5.98. The van der Waals surface area contributed by atoms with Gasteiger partial charge in [-0.1, -0.05) is 0 Å². The van der Waals surface area contributed by atoms with Crippen molar-refractivity contribution in [2.75, 3.05) is 23.9 Å². The Morgan fingerprint density at radius 2 is 2.11 bits per heavy atom. The fourth-order valence-corrected chi connectivity index (χ4v) is 4.56. The summed E-state index contributed by atoms with van der Waals surface area (Å²) in [7, 11) is 0. The minimum absolute atomic E-state index is 0.0321. The fourth-order valence-electron chi connectivity index (χ4n) is 3.84. The summed E-state index contributed by atoms with van der Waals surface area (Å²) in [6, 6.07) is 6.48. The minimum atomic E-state index is -2.79. The number of anilines is 3. The van der Waals surface area contributed by atoms with Gasteiger partial charge >= 0.3 is 0 Å². The Morgan fingerprint density at radius 1 is 1.29 bits per heavy atom. The van der Waals surface area contributed by atoms with Gasteiger partial charge in [-0.15, -0.1) is 11.3 Å². The first kappa shape index (κ1) is 25.6. The second-order valence-corrected chi connectivity index (χ2v) is 10.2. The van der Waals surface area contributed by atoms with Crippen molar-refractivity contribution in [3.63, 3.8) is 0 Å². The van der Waals surface area contributed by atoms with Gasteiger partial charge in [-0.2, -0.15) is 0 Å². The standard InChI is InChI=1S/C24H30F3N5O2S/c1-23(2,33)20(25)11-28-13-34-12-15-10-29-22(9-18(15)32-21-4-3-7-24(21,26)27)31-16-5-6-17-19(8-16)35-14-30-17/h5-6,8-10,14,20-21,28,33H,3-4,7,11-13H2,1-2H3,(H2,29,31,32)/t20-,21?/m1/s1. The summed E-state index contributed by atoms with van der Waals surface area (Å²) in [6.45, 7) is 2.84. The fraction of sp³-hybridized carbons (Fsp3) is 0.500. The molecule has 1 unspecified atom stereocenters. The number of halogens is 3. The van der Waals surface area contributed by atoms with Gasteiger partial charge in [0.15, 0.2) is 0 Å². The Labute approximate surface area is 206 Å². The molecule has 1 aliphatic carbocycles. The minimum Gasteiger partial charge on any atom is -0.387 e. The molecule has 4 rings (SSSR count). The van der Waals surface area contributed by atoms with Crippen LogP contribution in [0.2, 0.25) is 0 Å². The van der Waals surface area contributed by atoms with Gasteiger partial charge < -0.3 is 20.5 Å². The van der Waals surface area contributed by atoms with Crippen molar-refractivity contribution < 1.29 is 23.0 Å². The number of ether oxygens (including phenoxy) is 1. The number of benzene rings is 1. The van der Waals surface area contributed by atoms with E-state index in [1.165, 1.54) is 25.2 Å². The van der Waals surface area contributed by atoms with E-state index in [4.69, 9.17) is 4.74 Å². The number of alkyl halides is 3. The average Bonchev–Trinajstić information content (AvgIpc) is 3.39. The molecular formula is C24H30F3N5O2S. The molecule has 3 aromatic rings. The Morgan fingerprint density at radius 3 is 2.86 bits per heavy atom. The van der Waals surface area contributed by atoms with E-state index < -0.39 is 23.7 Å². The number of thiazole rings is 1. The Kier molecular flexibility index (Phi) is 7.80. The van der Waals surface area contributed by atoms with E-state index >= 15 is 0 Å². The summed E-state index contributed by atoms with van der Waals surface area (Å²) in [6.07, 6.45) is 0.812. The molecule has 2 atom stereocenters. The molecule has 2 heterocycles. The van der Waals surface area contributed by atoms with Crippen molar-refractivity contribution >= 4 is 38.7 Å². The molecule has 0 saturated heterocycles. The summed E-state index contributed by atoms with van der Waals surface area (Å²) >= 11 is 1.53. The third kappa shape index (κ3) is 6.60. The first-order valence-corrected chi connectivity index (χ1v) is 12.4. The number of aliphatic hydroxyl groups is 1. The van der Waals surface area contributed by atoms with E-state index in [1.54, 1.807) is 17.8 Å². The third-order valence-corrected chi connectivity index (χ3v) is 6.78. The predicted molar refractivity (Wildman–Crippen MR) is 132 cm³/mol. The maximum Gasteiger partial charge on any atom is 0.267 e. The molecule has 0 amide bonds. The van der Waals surface area contributed by atoms with Crippen LogP contribution >= 0.6 is 11.3 Å². The summed E-state index contributed by atoms with van der Waals surface area (Å²) in [5.41, 5.74) is 3.16. The molecule has 0 bridgehead atoms. The molecule has 2 aromatic heterocycles. The van der Waals surface area contributed by atoms with Crippen LogP contribution < -0.4 is 16.0 Å². The zero-order valence-electron chi connectivity index (χ0n) is 19.7. The topological polar surface area (TPSA) is 91.3 Å². The largest absolute Gasteiger partial charge is 0.387 e. The SMILES string of the molecule is CC(C)(O)[C@H](F)CNCOCc1cnc(Nc2ccc3ncsc3c2)cc1NC1CCCC1(F)F. The molecular weight excluding hydrogens is 479 g/mol. The molecule has 1 aromatic carbocycles. The first-order valence-electron chi connectivity index (χ1n) is 11.5. The molecule has 0 radical (unpaired) electrons. The Balaban J connectivity index is 1.44. The van der Waals surface area contributed by atoms with Gasteiger partial charge in [-0.05, 0) is 44.9 Å². The number of fused-ring (bicyclic) bond motifs is 1. The van der Waals surface area contributed by atoms with Crippen LogP contribution in [0, 0.1) is 0 Å². The van der Waals surface area contributed by atoms with Crippen molar-refractivity contribution in [3.05, 3.63) is 41.5 Å². The molecule has 35 heavy (non-hydrogen) atoms. The van der Waals surface area contributed by atoms with Gasteiger partial charge in [0.2, 0.25) is 0 Å². The maximum atomic E-state index is 14.3.